The second-order valence-corrected chi connectivity index (χ2v) is 6.55. The molecule has 0 rings (SSSR count). The van der Waals surface area contributed by atoms with E-state index in [0.29, 0.717) is 12.8 Å². The second-order valence-electron chi connectivity index (χ2n) is 6.55. The molecule has 0 aromatic heterocycles. The number of unbranched alkanes of at least 4 members (excludes halogenated alkanes) is 1. The van der Waals surface area contributed by atoms with Gasteiger partial charge in [-0.05, 0) is 12.8 Å². The van der Waals surface area contributed by atoms with E-state index in [1.54, 1.807) is 0 Å². The second kappa shape index (κ2) is 5.60. The van der Waals surface area contributed by atoms with Crippen LogP contribution in [-0.2, 0) is 9.59 Å². The topological polar surface area (TPSA) is 34.1 Å². The Bertz CT molecular complexity index is 223. The summed E-state index contributed by atoms with van der Waals surface area (Å²) in [5, 5.41) is 0. The van der Waals surface area contributed by atoms with Gasteiger partial charge in [0.1, 0.15) is 11.6 Å². The fourth-order valence-electron chi connectivity index (χ4n) is 1.32. The van der Waals surface area contributed by atoms with Crippen molar-refractivity contribution in [2.45, 2.75) is 67.2 Å². The first-order valence-corrected chi connectivity index (χ1v) is 6.12. The Kier molecular flexibility index (Phi) is 5.37. The van der Waals surface area contributed by atoms with Crippen LogP contribution >= 0.6 is 0 Å². The van der Waals surface area contributed by atoms with Crippen molar-refractivity contribution in [1.29, 1.82) is 0 Å². The summed E-state index contributed by atoms with van der Waals surface area (Å²) in [5.74, 6) is 0.575. The van der Waals surface area contributed by atoms with Gasteiger partial charge >= 0.3 is 0 Å². The van der Waals surface area contributed by atoms with Crippen molar-refractivity contribution in [2.24, 2.45) is 10.8 Å². The van der Waals surface area contributed by atoms with Crippen molar-refractivity contribution >= 4 is 11.6 Å². The van der Waals surface area contributed by atoms with Gasteiger partial charge in [0.05, 0.1) is 0 Å². The molecule has 0 spiro atoms. The average molecular weight is 226 g/mol. The Labute approximate surface area is 99.8 Å². The third-order valence-corrected chi connectivity index (χ3v) is 2.73. The van der Waals surface area contributed by atoms with Gasteiger partial charge in [-0.1, -0.05) is 41.5 Å². The molecular formula is C14H26O2. The summed E-state index contributed by atoms with van der Waals surface area (Å²) < 4.78 is 0. The first-order valence-electron chi connectivity index (χ1n) is 6.12. The van der Waals surface area contributed by atoms with Crippen LogP contribution in [0.3, 0.4) is 0 Å². The smallest absolute Gasteiger partial charge is 0.138 e. The minimum Gasteiger partial charge on any atom is -0.299 e. The van der Waals surface area contributed by atoms with Gasteiger partial charge in [0.2, 0.25) is 0 Å². The maximum absolute atomic E-state index is 11.6. The summed E-state index contributed by atoms with van der Waals surface area (Å²) in [5.41, 5.74) is -0.484. The van der Waals surface area contributed by atoms with Gasteiger partial charge in [-0.15, -0.1) is 0 Å². The molecule has 0 unspecified atom stereocenters. The third kappa shape index (κ3) is 6.04. The molecule has 94 valence electrons. The van der Waals surface area contributed by atoms with Crippen LogP contribution in [0.1, 0.15) is 67.2 Å². The molecule has 0 atom stereocenters. The van der Waals surface area contributed by atoms with E-state index in [9.17, 15) is 9.59 Å². The lowest BCUT2D eigenvalue weighted by Crippen LogP contribution is -2.21. The van der Waals surface area contributed by atoms with E-state index >= 15 is 0 Å². The predicted molar refractivity (Wildman–Crippen MR) is 67.4 cm³/mol. The lowest BCUT2D eigenvalue weighted by Gasteiger charge is -2.17. The number of rotatable bonds is 5. The number of Topliss-reactive ketones (excluding diaryl/α,β-unsaturated/α-hetero) is 2. The van der Waals surface area contributed by atoms with E-state index in [2.05, 4.69) is 0 Å². The van der Waals surface area contributed by atoms with E-state index in [1.165, 1.54) is 0 Å². The molecule has 0 heterocycles. The third-order valence-electron chi connectivity index (χ3n) is 2.73. The standard InChI is InChI=1S/C14H26O2/c1-13(2,3)11(15)9-7-8-10-12(16)14(4,5)6/h7-10H2,1-6H3. The van der Waals surface area contributed by atoms with Crippen molar-refractivity contribution in [3.8, 4) is 0 Å². The Morgan fingerprint density at radius 2 is 0.938 bits per heavy atom. The van der Waals surface area contributed by atoms with E-state index in [-0.39, 0.29) is 22.4 Å². The molecule has 0 aliphatic carbocycles. The highest BCUT2D eigenvalue weighted by Crippen LogP contribution is 2.21. The summed E-state index contributed by atoms with van der Waals surface area (Å²) in [6.45, 7) is 11.6. The molecule has 0 saturated carbocycles. The highest BCUT2D eigenvalue weighted by molar-refractivity contribution is 5.84. The Morgan fingerprint density at radius 1 is 0.688 bits per heavy atom. The van der Waals surface area contributed by atoms with Gasteiger partial charge in [0.25, 0.3) is 0 Å². The zero-order valence-corrected chi connectivity index (χ0v) is 11.6. The lowest BCUT2D eigenvalue weighted by atomic mass is 9.85. The van der Waals surface area contributed by atoms with Gasteiger partial charge < -0.3 is 0 Å². The van der Waals surface area contributed by atoms with Crippen LogP contribution < -0.4 is 0 Å². The SMILES string of the molecule is CC(C)(C)C(=O)CCCCC(=O)C(C)(C)C. The molecule has 0 bridgehead atoms. The molecule has 0 saturated heterocycles. The largest absolute Gasteiger partial charge is 0.299 e. The molecule has 2 heteroatoms. The summed E-state index contributed by atoms with van der Waals surface area (Å²) in [6, 6.07) is 0. The Hall–Kier alpha value is -0.660. The normalized spacial score (nSPS) is 12.6. The lowest BCUT2D eigenvalue weighted by molar-refractivity contribution is -0.128. The minimum atomic E-state index is -0.242. The van der Waals surface area contributed by atoms with Crippen molar-refractivity contribution in [3.05, 3.63) is 0 Å². The van der Waals surface area contributed by atoms with E-state index in [0.717, 1.165) is 12.8 Å². The van der Waals surface area contributed by atoms with Gasteiger partial charge in [-0.25, -0.2) is 0 Å². The summed E-state index contributed by atoms with van der Waals surface area (Å²) in [7, 11) is 0. The molecule has 16 heavy (non-hydrogen) atoms. The average Bonchev–Trinajstić information content (AvgIpc) is 2.08. The van der Waals surface area contributed by atoms with Gasteiger partial charge in [0, 0.05) is 23.7 Å². The van der Waals surface area contributed by atoms with Crippen molar-refractivity contribution < 1.29 is 9.59 Å². The molecule has 0 radical (unpaired) electrons. The molecular weight excluding hydrogens is 200 g/mol. The predicted octanol–water partition coefficient (Wildman–Crippen LogP) is 3.78. The quantitative estimate of drug-likeness (QED) is 0.669. The monoisotopic (exact) mass is 226 g/mol. The van der Waals surface area contributed by atoms with Crippen LogP contribution in [0.4, 0.5) is 0 Å². The molecule has 0 aromatic rings. The maximum atomic E-state index is 11.6. The molecule has 0 N–H and O–H groups in total. The van der Waals surface area contributed by atoms with Gasteiger partial charge in [-0.3, -0.25) is 9.59 Å². The first kappa shape index (κ1) is 15.3. The zero-order chi connectivity index (χ0) is 13.0. The Morgan fingerprint density at radius 3 is 1.12 bits per heavy atom. The summed E-state index contributed by atoms with van der Waals surface area (Å²) in [6.07, 6.45) is 2.86. The van der Waals surface area contributed by atoms with Crippen LogP contribution in [-0.4, -0.2) is 11.6 Å². The first-order chi connectivity index (χ1) is 7.05. The zero-order valence-electron chi connectivity index (χ0n) is 11.6. The van der Waals surface area contributed by atoms with E-state index < -0.39 is 0 Å². The molecule has 0 aliphatic heterocycles. The molecule has 0 fully saturated rings. The summed E-state index contributed by atoms with van der Waals surface area (Å²) >= 11 is 0. The van der Waals surface area contributed by atoms with Crippen molar-refractivity contribution in [2.75, 3.05) is 0 Å². The number of hydrogen-bond acceptors (Lipinski definition) is 2. The van der Waals surface area contributed by atoms with Crippen molar-refractivity contribution in [3.63, 3.8) is 0 Å². The molecule has 0 aliphatic rings. The van der Waals surface area contributed by atoms with Crippen LogP contribution in [0.15, 0.2) is 0 Å². The summed E-state index contributed by atoms with van der Waals surface area (Å²) in [4.78, 5) is 23.2. The van der Waals surface area contributed by atoms with Gasteiger partial charge in [0.15, 0.2) is 0 Å². The fraction of sp³-hybridized carbons (Fsp3) is 0.857. The Balaban J connectivity index is 3.79. The molecule has 0 amide bonds. The number of ketones is 2. The van der Waals surface area contributed by atoms with Crippen LogP contribution in [0.2, 0.25) is 0 Å². The number of carbonyl (C=O) groups is 2. The molecule has 2 nitrogen and oxygen atoms in total. The molecule has 0 aromatic carbocycles. The van der Waals surface area contributed by atoms with Crippen LogP contribution in [0.5, 0.6) is 0 Å². The van der Waals surface area contributed by atoms with Gasteiger partial charge in [-0.2, -0.15) is 0 Å². The number of carbonyl (C=O) groups excluding carboxylic acids is 2. The van der Waals surface area contributed by atoms with Crippen molar-refractivity contribution in [1.82, 2.24) is 0 Å². The number of hydrogen-bond donors (Lipinski definition) is 0. The van der Waals surface area contributed by atoms with Crippen LogP contribution in [0, 0.1) is 10.8 Å². The van der Waals surface area contributed by atoms with Crippen LogP contribution in [0.25, 0.3) is 0 Å². The maximum Gasteiger partial charge on any atom is 0.138 e. The fourth-order valence-corrected chi connectivity index (χ4v) is 1.32. The van der Waals surface area contributed by atoms with E-state index in [1.807, 2.05) is 41.5 Å². The highest BCUT2D eigenvalue weighted by atomic mass is 16.1. The highest BCUT2D eigenvalue weighted by Gasteiger charge is 2.22. The minimum absolute atomic E-state index is 0.242. The van der Waals surface area contributed by atoms with E-state index in [4.69, 9.17) is 0 Å².